The zero-order valence-corrected chi connectivity index (χ0v) is 12.1. The maximum atomic E-state index is 3.64. The number of nitrogens with zero attached hydrogens (tertiary/aromatic N) is 1. The van der Waals surface area contributed by atoms with Crippen LogP contribution in [-0.4, -0.2) is 30.6 Å². The number of hydrogen-bond donors (Lipinski definition) is 1. The van der Waals surface area contributed by atoms with Crippen molar-refractivity contribution < 1.29 is 0 Å². The Labute approximate surface area is 111 Å². The van der Waals surface area contributed by atoms with E-state index in [1.807, 2.05) is 0 Å². The molecule has 0 spiro atoms. The number of rotatable bonds is 6. The van der Waals surface area contributed by atoms with Gasteiger partial charge in [-0.15, -0.1) is 0 Å². The van der Waals surface area contributed by atoms with Crippen molar-refractivity contribution in [1.82, 2.24) is 10.2 Å². The van der Waals surface area contributed by atoms with E-state index in [9.17, 15) is 0 Å². The van der Waals surface area contributed by atoms with Crippen LogP contribution in [0.15, 0.2) is 24.3 Å². The van der Waals surface area contributed by atoms with Gasteiger partial charge in [0.15, 0.2) is 0 Å². The van der Waals surface area contributed by atoms with E-state index in [0.29, 0.717) is 12.1 Å². The molecular formula is C16H26N2. The Balaban J connectivity index is 1.80. The fraction of sp³-hybridized carbons (Fsp3) is 0.625. The van der Waals surface area contributed by atoms with Crippen LogP contribution in [-0.2, 0) is 0 Å². The summed E-state index contributed by atoms with van der Waals surface area (Å²) in [6, 6.07) is 10.7. The summed E-state index contributed by atoms with van der Waals surface area (Å²) in [6.07, 6.45) is 2.77. The summed E-state index contributed by atoms with van der Waals surface area (Å²) in [5.41, 5.74) is 2.70. The first kappa shape index (κ1) is 13.6. The van der Waals surface area contributed by atoms with Gasteiger partial charge in [-0.3, -0.25) is 4.90 Å². The Bertz CT molecular complexity index is 367. The van der Waals surface area contributed by atoms with Crippen LogP contribution in [0.5, 0.6) is 0 Å². The lowest BCUT2D eigenvalue weighted by molar-refractivity contribution is 0.237. The quantitative estimate of drug-likeness (QED) is 0.829. The van der Waals surface area contributed by atoms with Gasteiger partial charge in [0.05, 0.1) is 0 Å². The average Bonchev–Trinajstić information content (AvgIpc) is 3.19. The minimum absolute atomic E-state index is 0.431. The molecule has 100 valence electrons. The molecule has 0 heterocycles. The second-order valence-electron chi connectivity index (χ2n) is 5.79. The minimum atomic E-state index is 0.431. The van der Waals surface area contributed by atoms with Crippen molar-refractivity contribution >= 4 is 0 Å². The molecular weight excluding hydrogens is 220 g/mol. The normalized spacial score (nSPS) is 18.9. The first-order valence-electron chi connectivity index (χ1n) is 7.10. The smallest absolute Gasteiger partial charge is 0.0292 e. The third-order valence-electron chi connectivity index (χ3n) is 4.11. The van der Waals surface area contributed by atoms with Gasteiger partial charge in [-0.2, -0.15) is 0 Å². The van der Waals surface area contributed by atoms with Crippen LogP contribution in [0.2, 0.25) is 0 Å². The van der Waals surface area contributed by atoms with Crippen LogP contribution in [0.1, 0.15) is 43.9 Å². The molecule has 18 heavy (non-hydrogen) atoms. The van der Waals surface area contributed by atoms with E-state index < -0.39 is 0 Å². The molecule has 2 unspecified atom stereocenters. The van der Waals surface area contributed by atoms with Crippen LogP contribution in [0, 0.1) is 6.92 Å². The summed E-state index contributed by atoms with van der Waals surface area (Å²) >= 11 is 0. The van der Waals surface area contributed by atoms with Crippen molar-refractivity contribution in [1.29, 1.82) is 0 Å². The Morgan fingerprint density at radius 1 is 1.22 bits per heavy atom. The van der Waals surface area contributed by atoms with Gasteiger partial charge in [0, 0.05) is 24.7 Å². The summed E-state index contributed by atoms with van der Waals surface area (Å²) in [7, 11) is 2.25. The fourth-order valence-electron chi connectivity index (χ4n) is 2.31. The zero-order valence-electron chi connectivity index (χ0n) is 12.1. The number of benzene rings is 1. The van der Waals surface area contributed by atoms with E-state index in [-0.39, 0.29) is 0 Å². The SMILES string of the molecule is Cc1ccc(C(C)NCC(C)N(C)C2CC2)cc1. The van der Waals surface area contributed by atoms with Gasteiger partial charge in [0.1, 0.15) is 0 Å². The van der Waals surface area contributed by atoms with Gasteiger partial charge in [0.25, 0.3) is 0 Å². The van der Waals surface area contributed by atoms with Crippen LogP contribution < -0.4 is 5.32 Å². The van der Waals surface area contributed by atoms with Crippen molar-refractivity contribution in [2.75, 3.05) is 13.6 Å². The van der Waals surface area contributed by atoms with Crippen molar-refractivity contribution in [3.05, 3.63) is 35.4 Å². The predicted octanol–water partition coefficient (Wildman–Crippen LogP) is 3.13. The third-order valence-corrected chi connectivity index (χ3v) is 4.11. The molecule has 1 saturated carbocycles. The Kier molecular flexibility index (Phi) is 4.41. The first-order chi connectivity index (χ1) is 8.58. The molecule has 2 atom stereocenters. The molecule has 1 N–H and O–H groups in total. The van der Waals surface area contributed by atoms with Gasteiger partial charge in [-0.05, 0) is 46.2 Å². The minimum Gasteiger partial charge on any atom is -0.309 e. The summed E-state index contributed by atoms with van der Waals surface area (Å²) in [5, 5.41) is 3.64. The van der Waals surface area contributed by atoms with Gasteiger partial charge in [-0.1, -0.05) is 29.8 Å². The first-order valence-corrected chi connectivity index (χ1v) is 7.10. The number of aryl methyl sites for hydroxylation is 1. The van der Waals surface area contributed by atoms with Gasteiger partial charge in [0.2, 0.25) is 0 Å². The third kappa shape index (κ3) is 3.56. The molecule has 1 aromatic carbocycles. The largest absolute Gasteiger partial charge is 0.309 e. The van der Waals surface area contributed by atoms with Gasteiger partial charge in [-0.25, -0.2) is 0 Å². The lowest BCUT2D eigenvalue weighted by Gasteiger charge is -2.26. The molecule has 0 saturated heterocycles. The van der Waals surface area contributed by atoms with Crippen LogP contribution in [0.3, 0.4) is 0 Å². The van der Waals surface area contributed by atoms with E-state index >= 15 is 0 Å². The summed E-state index contributed by atoms with van der Waals surface area (Å²) in [6.45, 7) is 7.75. The number of nitrogens with one attached hydrogen (secondary N) is 1. The van der Waals surface area contributed by atoms with E-state index in [0.717, 1.165) is 12.6 Å². The second kappa shape index (κ2) is 5.85. The Hall–Kier alpha value is -0.860. The fourth-order valence-corrected chi connectivity index (χ4v) is 2.31. The zero-order chi connectivity index (χ0) is 13.1. The molecule has 0 amide bonds. The highest BCUT2D eigenvalue weighted by atomic mass is 15.2. The molecule has 0 radical (unpaired) electrons. The van der Waals surface area contributed by atoms with E-state index in [1.165, 1.54) is 24.0 Å². The highest BCUT2D eigenvalue weighted by Crippen LogP contribution is 2.26. The van der Waals surface area contributed by atoms with Crippen molar-refractivity contribution in [3.8, 4) is 0 Å². The molecule has 0 aliphatic heterocycles. The highest BCUT2D eigenvalue weighted by molar-refractivity contribution is 5.23. The van der Waals surface area contributed by atoms with E-state index in [1.54, 1.807) is 0 Å². The molecule has 1 aliphatic carbocycles. The lowest BCUT2D eigenvalue weighted by Crippen LogP contribution is -2.39. The van der Waals surface area contributed by atoms with Gasteiger partial charge >= 0.3 is 0 Å². The number of likely N-dealkylation sites (N-methyl/N-ethyl adjacent to an activating group) is 1. The summed E-state index contributed by atoms with van der Waals surface area (Å²) in [4.78, 5) is 2.51. The Morgan fingerprint density at radius 3 is 2.39 bits per heavy atom. The standard InChI is InChI=1S/C16H26N2/c1-12-5-7-15(8-6-12)14(3)17-11-13(2)18(4)16-9-10-16/h5-8,13-14,16-17H,9-11H2,1-4H3. The molecule has 2 nitrogen and oxygen atoms in total. The summed E-state index contributed by atoms with van der Waals surface area (Å²) < 4.78 is 0. The van der Waals surface area contributed by atoms with Crippen molar-refractivity contribution in [2.24, 2.45) is 0 Å². The average molecular weight is 246 g/mol. The second-order valence-corrected chi connectivity index (χ2v) is 5.79. The number of hydrogen-bond acceptors (Lipinski definition) is 2. The molecule has 2 rings (SSSR count). The maximum absolute atomic E-state index is 3.64. The molecule has 0 aromatic heterocycles. The maximum Gasteiger partial charge on any atom is 0.0292 e. The van der Waals surface area contributed by atoms with Crippen molar-refractivity contribution in [2.45, 2.75) is 51.7 Å². The molecule has 1 fully saturated rings. The molecule has 1 aliphatic rings. The molecule has 1 aromatic rings. The van der Waals surface area contributed by atoms with Crippen LogP contribution >= 0.6 is 0 Å². The van der Waals surface area contributed by atoms with Gasteiger partial charge < -0.3 is 5.32 Å². The van der Waals surface area contributed by atoms with E-state index in [4.69, 9.17) is 0 Å². The Morgan fingerprint density at radius 2 is 1.83 bits per heavy atom. The lowest BCUT2D eigenvalue weighted by atomic mass is 10.1. The molecule has 0 bridgehead atoms. The van der Waals surface area contributed by atoms with Crippen LogP contribution in [0.25, 0.3) is 0 Å². The van der Waals surface area contributed by atoms with Crippen molar-refractivity contribution in [3.63, 3.8) is 0 Å². The highest BCUT2D eigenvalue weighted by Gasteiger charge is 2.28. The molecule has 2 heteroatoms. The van der Waals surface area contributed by atoms with Crippen LogP contribution in [0.4, 0.5) is 0 Å². The van der Waals surface area contributed by atoms with E-state index in [2.05, 4.69) is 62.3 Å². The predicted molar refractivity (Wildman–Crippen MR) is 77.8 cm³/mol. The monoisotopic (exact) mass is 246 g/mol. The summed E-state index contributed by atoms with van der Waals surface area (Å²) in [5.74, 6) is 0. The topological polar surface area (TPSA) is 15.3 Å².